The maximum atomic E-state index is 5.81. The van der Waals surface area contributed by atoms with E-state index in [1.54, 1.807) is 0 Å². The fourth-order valence-corrected chi connectivity index (χ4v) is 3.63. The van der Waals surface area contributed by atoms with Gasteiger partial charge in [0, 0.05) is 32.7 Å². The van der Waals surface area contributed by atoms with Crippen molar-refractivity contribution in [3.63, 3.8) is 0 Å². The lowest BCUT2D eigenvalue weighted by Crippen LogP contribution is -2.48. The molecule has 1 fully saturated rings. The van der Waals surface area contributed by atoms with Gasteiger partial charge in [0.2, 0.25) is 0 Å². The van der Waals surface area contributed by atoms with Crippen molar-refractivity contribution in [2.45, 2.75) is 45.4 Å². The van der Waals surface area contributed by atoms with Gasteiger partial charge >= 0.3 is 0 Å². The molecule has 0 amide bonds. The molecular weight excluding hydrogens is 360 g/mol. The lowest BCUT2D eigenvalue weighted by molar-refractivity contribution is 0.206. The molecule has 0 radical (unpaired) electrons. The number of likely N-dealkylation sites (tertiary alicyclic amines) is 1. The van der Waals surface area contributed by atoms with Gasteiger partial charge in [-0.3, -0.25) is 4.99 Å². The predicted molar refractivity (Wildman–Crippen MR) is 120 cm³/mol. The molecule has 0 unspecified atom stereocenters. The van der Waals surface area contributed by atoms with Gasteiger partial charge in [-0.05, 0) is 49.1 Å². The van der Waals surface area contributed by atoms with Gasteiger partial charge in [-0.2, -0.15) is 0 Å². The van der Waals surface area contributed by atoms with Crippen LogP contribution in [0.4, 0.5) is 0 Å². The zero-order valence-electron chi connectivity index (χ0n) is 17.7. The van der Waals surface area contributed by atoms with Gasteiger partial charge < -0.3 is 20.3 Å². The average molecular weight is 395 g/mol. The van der Waals surface area contributed by atoms with E-state index in [0.717, 1.165) is 18.3 Å². The van der Waals surface area contributed by atoms with Gasteiger partial charge in [0.25, 0.3) is 0 Å². The lowest BCUT2D eigenvalue weighted by Gasteiger charge is -2.32. The highest BCUT2D eigenvalue weighted by atomic mass is 16.5. The first-order valence-electron chi connectivity index (χ1n) is 10.7. The molecule has 0 aromatic heterocycles. The first-order chi connectivity index (χ1) is 14.3. The fraction of sp³-hybridized carbons (Fsp3) is 0.458. The zero-order valence-corrected chi connectivity index (χ0v) is 17.7. The lowest BCUT2D eigenvalue weighted by atomic mass is 10.1. The first-order valence-corrected chi connectivity index (χ1v) is 10.7. The van der Waals surface area contributed by atoms with Crippen LogP contribution in [0.3, 0.4) is 0 Å². The topological polar surface area (TPSA) is 48.9 Å². The van der Waals surface area contributed by atoms with Crippen molar-refractivity contribution < 1.29 is 4.74 Å². The second-order valence-electron chi connectivity index (χ2n) is 7.60. The Kier molecular flexibility index (Phi) is 8.38. The van der Waals surface area contributed by atoms with Crippen LogP contribution in [0.2, 0.25) is 0 Å². The van der Waals surface area contributed by atoms with E-state index in [0.29, 0.717) is 12.6 Å². The SMILES string of the molecule is CCCN1CCC(NC(=NC)NCc2ccc(COc3ccccc3)cc2)CC1. The second kappa shape index (κ2) is 11.5. The van der Waals surface area contributed by atoms with Gasteiger partial charge in [0.05, 0.1) is 0 Å². The molecule has 29 heavy (non-hydrogen) atoms. The Labute approximate surface area is 175 Å². The normalized spacial score (nSPS) is 15.9. The molecule has 0 atom stereocenters. The van der Waals surface area contributed by atoms with E-state index in [9.17, 15) is 0 Å². The summed E-state index contributed by atoms with van der Waals surface area (Å²) in [5.41, 5.74) is 2.40. The number of rotatable bonds is 8. The highest BCUT2D eigenvalue weighted by Gasteiger charge is 2.19. The third-order valence-corrected chi connectivity index (χ3v) is 5.32. The van der Waals surface area contributed by atoms with Crippen molar-refractivity contribution in [3.05, 3.63) is 65.7 Å². The van der Waals surface area contributed by atoms with Gasteiger partial charge in [0.15, 0.2) is 5.96 Å². The quantitative estimate of drug-likeness (QED) is 0.528. The number of nitrogens with one attached hydrogen (secondary N) is 2. The van der Waals surface area contributed by atoms with Crippen LogP contribution < -0.4 is 15.4 Å². The van der Waals surface area contributed by atoms with Crippen LogP contribution in [0, 0.1) is 0 Å². The molecule has 3 rings (SSSR count). The van der Waals surface area contributed by atoms with Crippen molar-refractivity contribution in [3.8, 4) is 5.75 Å². The van der Waals surface area contributed by atoms with Crippen LogP contribution in [0.15, 0.2) is 59.6 Å². The highest BCUT2D eigenvalue weighted by molar-refractivity contribution is 5.79. The molecule has 0 aliphatic carbocycles. The molecular formula is C24H34N4O. The van der Waals surface area contributed by atoms with Crippen molar-refractivity contribution in [1.82, 2.24) is 15.5 Å². The Hall–Kier alpha value is -2.53. The number of benzene rings is 2. The van der Waals surface area contributed by atoms with E-state index in [2.05, 4.69) is 51.7 Å². The highest BCUT2D eigenvalue weighted by Crippen LogP contribution is 2.13. The summed E-state index contributed by atoms with van der Waals surface area (Å²) in [6, 6.07) is 19.0. The minimum Gasteiger partial charge on any atom is -0.489 e. The Morgan fingerprint density at radius 1 is 1.03 bits per heavy atom. The summed E-state index contributed by atoms with van der Waals surface area (Å²) in [6.07, 6.45) is 3.59. The van der Waals surface area contributed by atoms with E-state index in [-0.39, 0.29) is 0 Å². The molecule has 0 bridgehead atoms. The van der Waals surface area contributed by atoms with E-state index < -0.39 is 0 Å². The summed E-state index contributed by atoms with van der Waals surface area (Å²) in [5, 5.41) is 7.02. The first kappa shape index (κ1) is 21.2. The van der Waals surface area contributed by atoms with E-state index in [4.69, 9.17) is 4.74 Å². The van der Waals surface area contributed by atoms with Crippen molar-refractivity contribution in [2.75, 3.05) is 26.7 Å². The summed E-state index contributed by atoms with van der Waals surface area (Å²) in [7, 11) is 1.84. The monoisotopic (exact) mass is 394 g/mol. The van der Waals surface area contributed by atoms with Gasteiger partial charge in [-0.15, -0.1) is 0 Å². The second-order valence-corrected chi connectivity index (χ2v) is 7.60. The van der Waals surface area contributed by atoms with Crippen molar-refractivity contribution in [2.24, 2.45) is 4.99 Å². The number of para-hydroxylation sites is 1. The Morgan fingerprint density at radius 2 is 1.72 bits per heavy atom. The Bertz CT molecular complexity index is 737. The summed E-state index contributed by atoms with van der Waals surface area (Å²) < 4.78 is 5.81. The van der Waals surface area contributed by atoms with Crippen LogP contribution in [-0.2, 0) is 13.2 Å². The standard InChI is InChI=1S/C24H34N4O/c1-3-15-28-16-13-22(14-17-28)27-24(25-2)26-18-20-9-11-21(12-10-20)19-29-23-7-5-4-6-8-23/h4-12,22H,3,13-19H2,1-2H3,(H2,25,26,27). The summed E-state index contributed by atoms with van der Waals surface area (Å²) in [5.74, 6) is 1.78. The third kappa shape index (κ3) is 7.09. The molecule has 5 heteroatoms. The minimum atomic E-state index is 0.506. The van der Waals surface area contributed by atoms with Crippen LogP contribution in [0.1, 0.15) is 37.3 Å². The largest absolute Gasteiger partial charge is 0.489 e. The molecule has 0 saturated carbocycles. The average Bonchev–Trinajstić information content (AvgIpc) is 2.78. The molecule has 1 heterocycles. The van der Waals surface area contributed by atoms with Crippen molar-refractivity contribution >= 4 is 5.96 Å². The zero-order chi connectivity index (χ0) is 20.3. The molecule has 5 nitrogen and oxygen atoms in total. The van der Waals surface area contributed by atoms with Crippen LogP contribution in [-0.4, -0.2) is 43.6 Å². The van der Waals surface area contributed by atoms with E-state index in [1.165, 1.54) is 50.0 Å². The molecule has 2 aromatic carbocycles. The van der Waals surface area contributed by atoms with Crippen LogP contribution >= 0.6 is 0 Å². The van der Waals surface area contributed by atoms with Gasteiger partial charge in [-0.25, -0.2) is 0 Å². The van der Waals surface area contributed by atoms with Crippen LogP contribution in [0.5, 0.6) is 5.75 Å². The summed E-state index contributed by atoms with van der Waals surface area (Å²) in [6.45, 7) is 7.15. The fourth-order valence-electron chi connectivity index (χ4n) is 3.63. The molecule has 1 saturated heterocycles. The number of nitrogens with zero attached hydrogens (tertiary/aromatic N) is 2. The number of guanidine groups is 1. The van der Waals surface area contributed by atoms with E-state index in [1.807, 2.05) is 37.4 Å². The number of hydrogen-bond donors (Lipinski definition) is 2. The molecule has 0 spiro atoms. The number of aliphatic imine (C=N–C) groups is 1. The van der Waals surface area contributed by atoms with Crippen LogP contribution in [0.25, 0.3) is 0 Å². The summed E-state index contributed by atoms with van der Waals surface area (Å²) in [4.78, 5) is 6.95. The molecule has 1 aliphatic rings. The maximum Gasteiger partial charge on any atom is 0.191 e. The molecule has 1 aliphatic heterocycles. The number of piperidine rings is 1. The minimum absolute atomic E-state index is 0.506. The predicted octanol–water partition coefficient (Wildman–Crippen LogP) is 3.81. The maximum absolute atomic E-state index is 5.81. The van der Waals surface area contributed by atoms with Gasteiger partial charge in [-0.1, -0.05) is 49.4 Å². The van der Waals surface area contributed by atoms with Crippen molar-refractivity contribution in [1.29, 1.82) is 0 Å². The molecule has 156 valence electrons. The third-order valence-electron chi connectivity index (χ3n) is 5.32. The van der Waals surface area contributed by atoms with Gasteiger partial charge in [0.1, 0.15) is 12.4 Å². The number of hydrogen-bond acceptors (Lipinski definition) is 3. The Balaban J connectivity index is 1.40. The molecule has 2 aromatic rings. The smallest absolute Gasteiger partial charge is 0.191 e. The summed E-state index contributed by atoms with van der Waals surface area (Å²) >= 11 is 0. The number of ether oxygens (including phenoxy) is 1. The molecule has 2 N–H and O–H groups in total. The Morgan fingerprint density at radius 3 is 2.38 bits per heavy atom. The van der Waals surface area contributed by atoms with E-state index >= 15 is 0 Å².